The van der Waals surface area contributed by atoms with Gasteiger partial charge < -0.3 is 9.84 Å². The molecule has 0 unspecified atom stereocenters. The van der Waals surface area contributed by atoms with Gasteiger partial charge in [-0.1, -0.05) is 0 Å². The highest BCUT2D eigenvalue weighted by atomic mass is 16.5. The number of ether oxygens (including phenoxy) is 1. The standard InChI is InChI=1S/C14H16N2O3/c1-19-12-6-4-11(5-7-12)13-8-10-16(15-13)9-2-3-14(17)18/h4-8,10H,2-3,9H2,1H3,(H,17,18). The molecule has 0 saturated heterocycles. The topological polar surface area (TPSA) is 64.3 Å². The number of carbonyl (C=O) groups is 1. The summed E-state index contributed by atoms with van der Waals surface area (Å²) in [6.45, 7) is 0.614. The third-order valence-electron chi connectivity index (χ3n) is 2.80. The molecule has 2 rings (SSSR count). The van der Waals surface area contributed by atoms with Crippen LogP contribution in [0.3, 0.4) is 0 Å². The van der Waals surface area contributed by atoms with E-state index in [1.54, 1.807) is 11.8 Å². The summed E-state index contributed by atoms with van der Waals surface area (Å²) in [5.41, 5.74) is 1.88. The molecule has 1 heterocycles. The number of hydrogen-bond acceptors (Lipinski definition) is 3. The van der Waals surface area contributed by atoms with Crippen LogP contribution in [0.25, 0.3) is 11.3 Å². The first kappa shape index (κ1) is 13.1. The fraction of sp³-hybridized carbons (Fsp3) is 0.286. The van der Waals surface area contributed by atoms with Crippen LogP contribution in [0.1, 0.15) is 12.8 Å². The molecular weight excluding hydrogens is 244 g/mol. The van der Waals surface area contributed by atoms with E-state index in [0.29, 0.717) is 13.0 Å². The van der Waals surface area contributed by atoms with Gasteiger partial charge in [0, 0.05) is 24.7 Å². The van der Waals surface area contributed by atoms with Gasteiger partial charge in [-0.15, -0.1) is 0 Å². The Labute approximate surface area is 111 Å². The lowest BCUT2D eigenvalue weighted by molar-refractivity contribution is -0.137. The number of carboxylic acids is 1. The lowest BCUT2D eigenvalue weighted by Crippen LogP contribution is -2.02. The van der Waals surface area contributed by atoms with Crippen molar-refractivity contribution in [3.63, 3.8) is 0 Å². The molecule has 0 aliphatic rings. The normalized spacial score (nSPS) is 10.4. The minimum Gasteiger partial charge on any atom is -0.497 e. The maximum atomic E-state index is 10.4. The number of aryl methyl sites for hydroxylation is 1. The average molecular weight is 260 g/mol. The first-order valence-electron chi connectivity index (χ1n) is 6.09. The second kappa shape index (κ2) is 6.04. The van der Waals surface area contributed by atoms with Crippen molar-refractivity contribution in [3.05, 3.63) is 36.5 Å². The van der Waals surface area contributed by atoms with Crippen molar-refractivity contribution in [1.82, 2.24) is 9.78 Å². The number of aliphatic carboxylic acids is 1. The second-order valence-electron chi connectivity index (χ2n) is 4.19. The molecule has 0 amide bonds. The summed E-state index contributed by atoms with van der Waals surface area (Å²) in [6.07, 6.45) is 2.61. The average Bonchev–Trinajstić information content (AvgIpc) is 2.87. The lowest BCUT2D eigenvalue weighted by atomic mass is 10.1. The van der Waals surface area contributed by atoms with Crippen molar-refractivity contribution < 1.29 is 14.6 Å². The Bertz CT molecular complexity index is 546. The van der Waals surface area contributed by atoms with Crippen molar-refractivity contribution in [2.24, 2.45) is 0 Å². The highest BCUT2D eigenvalue weighted by Gasteiger charge is 2.03. The quantitative estimate of drug-likeness (QED) is 0.866. The fourth-order valence-corrected chi connectivity index (χ4v) is 1.79. The largest absolute Gasteiger partial charge is 0.497 e. The van der Waals surface area contributed by atoms with E-state index in [1.807, 2.05) is 36.5 Å². The molecule has 0 saturated carbocycles. The van der Waals surface area contributed by atoms with Crippen LogP contribution >= 0.6 is 0 Å². The minimum absolute atomic E-state index is 0.164. The third-order valence-corrected chi connectivity index (χ3v) is 2.80. The Morgan fingerprint density at radius 1 is 1.32 bits per heavy atom. The van der Waals surface area contributed by atoms with E-state index < -0.39 is 5.97 Å². The lowest BCUT2D eigenvalue weighted by Gasteiger charge is -2.01. The highest BCUT2D eigenvalue weighted by molar-refractivity contribution is 5.66. The van der Waals surface area contributed by atoms with E-state index in [1.165, 1.54) is 0 Å². The zero-order chi connectivity index (χ0) is 13.7. The molecule has 0 atom stereocenters. The van der Waals surface area contributed by atoms with Gasteiger partial charge in [-0.25, -0.2) is 0 Å². The molecule has 100 valence electrons. The number of methoxy groups -OCH3 is 1. The summed E-state index contributed by atoms with van der Waals surface area (Å²) in [5, 5.41) is 13.0. The zero-order valence-electron chi connectivity index (χ0n) is 10.7. The van der Waals surface area contributed by atoms with Crippen LogP contribution in [-0.4, -0.2) is 28.0 Å². The van der Waals surface area contributed by atoms with E-state index in [-0.39, 0.29) is 6.42 Å². The summed E-state index contributed by atoms with van der Waals surface area (Å²) in [5.74, 6) is 0.0344. The van der Waals surface area contributed by atoms with Crippen molar-refractivity contribution in [2.45, 2.75) is 19.4 Å². The van der Waals surface area contributed by atoms with Crippen molar-refractivity contribution in [3.8, 4) is 17.0 Å². The van der Waals surface area contributed by atoms with E-state index in [4.69, 9.17) is 9.84 Å². The Morgan fingerprint density at radius 3 is 2.68 bits per heavy atom. The number of carboxylic acid groups (broad SMARTS) is 1. The van der Waals surface area contributed by atoms with Gasteiger partial charge in [0.1, 0.15) is 5.75 Å². The number of aromatic nitrogens is 2. The summed E-state index contributed by atoms with van der Waals surface area (Å²) in [7, 11) is 1.63. The van der Waals surface area contributed by atoms with Gasteiger partial charge in [-0.05, 0) is 36.8 Å². The van der Waals surface area contributed by atoms with Crippen LogP contribution in [0.4, 0.5) is 0 Å². The number of rotatable bonds is 6. The zero-order valence-corrected chi connectivity index (χ0v) is 10.7. The van der Waals surface area contributed by atoms with Crippen LogP contribution in [0.2, 0.25) is 0 Å². The molecule has 19 heavy (non-hydrogen) atoms. The molecule has 0 aliphatic heterocycles. The molecule has 5 nitrogen and oxygen atoms in total. The van der Waals surface area contributed by atoms with Crippen LogP contribution in [0.5, 0.6) is 5.75 Å². The van der Waals surface area contributed by atoms with Crippen LogP contribution < -0.4 is 4.74 Å². The summed E-state index contributed by atoms with van der Waals surface area (Å²) in [4.78, 5) is 10.4. The van der Waals surface area contributed by atoms with Gasteiger partial charge in [-0.2, -0.15) is 5.10 Å². The van der Waals surface area contributed by atoms with E-state index in [9.17, 15) is 4.79 Å². The first-order chi connectivity index (χ1) is 9.19. The van der Waals surface area contributed by atoms with E-state index >= 15 is 0 Å². The Morgan fingerprint density at radius 2 is 2.05 bits per heavy atom. The molecular formula is C14H16N2O3. The SMILES string of the molecule is COc1ccc(-c2ccn(CCCC(=O)O)n2)cc1. The molecule has 1 aromatic carbocycles. The fourth-order valence-electron chi connectivity index (χ4n) is 1.79. The minimum atomic E-state index is -0.775. The molecule has 2 aromatic rings. The molecule has 0 spiro atoms. The molecule has 1 aromatic heterocycles. The molecule has 0 radical (unpaired) electrons. The Hall–Kier alpha value is -2.30. The molecule has 0 fully saturated rings. The first-order valence-corrected chi connectivity index (χ1v) is 6.09. The molecule has 0 aliphatic carbocycles. The van der Waals surface area contributed by atoms with Crippen molar-refractivity contribution in [2.75, 3.05) is 7.11 Å². The number of hydrogen-bond donors (Lipinski definition) is 1. The van der Waals surface area contributed by atoms with Gasteiger partial charge >= 0.3 is 5.97 Å². The predicted octanol–water partition coefficient (Wildman–Crippen LogP) is 2.42. The van der Waals surface area contributed by atoms with Gasteiger partial charge in [0.05, 0.1) is 12.8 Å². The van der Waals surface area contributed by atoms with Gasteiger partial charge in [-0.3, -0.25) is 9.48 Å². The molecule has 1 N–H and O–H groups in total. The van der Waals surface area contributed by atoms with Crippen LogP contribution in [-0.2, 0) is 11.3 Å². The predicted molar refractivity (Wildman–Crippen MR) is 71.1 cm³/mol. The third kappa shape index (κ3) is 3.58. The van der Waals surface area contributed by atoms with Crippen molar-refractivity contribution in [1.29, 1.82) is 0 Å². The van der Waals surface area contributed by atoms with Gasteiger partial charge in [0.2, 0.25) is 0 Å². The molecule has 5 heteroatoms. The smallest absolute Gasteiger partial charge is 0.303 e. The number of benzene rings is 1. The molecule has 0 bridgehead atoms. The number of nitrogens with zero attached hydrogens (tertiary/aromatic N) is 2. The highest BCUT2D eigenvalue weighted by Crippen LogP contribution is 2.20. The van der Waals surface area contributed by atoms with Crippen molar-refractivity contribution >= 4 is 5.97 Å². The van der Waals surface area contributed by atoms with Gasteiger partial charge in [0.25, 0.3) is 0 Å². The van der Waals surface area contributed by atoms with Crippen LogP contribution in [0.15, 0.2) is 36.5 Å². The van der Waals surface area contributed by atoms with E-state index in [0.717, 1.165) is 17.0 Å². The summed E-state index contributed by atoms with van der Waals surface area (Å²) in [6, 6.07) is 9.59. The monoisotopic (exact) mass is 260 g/mol. The summed E-state index contributed by atoms with van der Waals surface area (Å²) < 4.78 is 6.87. The van der Waals surface area contributed by atoms with E-state index in [2.05, 4.69) is 5.10 Å². The Balaban J connectivity index is 2.01. The maximum Gasteiger partial charge on any atom is 0.303 e. The Kier molecular flexibility index (Phi) is 4.18. The van der Waals surface area contributed by atoms with Gasteiger partial charge in [0.15, 0.2) is 0 Å². The maximum absolute atomic E-state index is 10.4. The van der Waals surface area contributed by atoms with Crippen LogP contribution in [0, 0.1) is 0 Å². The summed E-state index contributed by atoms with van der Waals surface area (Å²) >= 11 is 0. The second-order valence-corrected chi connectivity index (χ2v) is 4.19.